The Kier molecular flexibility index (Phi) is 5.38. The minimum atomic E-state index is -0.275. The monoisotopic (exact) mass is 448 g/mol. The minimum Gasteiger partial charge on any atom is -0.493 e. The molecule has 33 heavy (non-hydrogen) atoms. The largest absolute Gasteiger partial charge is 0.493 e. The van der Waals surface area contributed by atoms with Gasteiger partial charge in [0.15, 0.2) is 5.82 Å². The van der Waals surface area contributed by atoms with E-state index in [-0.39, 0.29) is 18.4 Å². The Hall–Kier alpha value is -3.99. The van der Waals surface area contributed by atoms with Gasteiger partial charge >= 0.3 is 0 Å². The van der Waals surface area contributed by atoms with E-state index in [1.54, 1.807) is 40.0 Å². The molecule has 11 nitrogen and oxygen atoms in total. The molecule has 3 aromatic heterocycles. The molecular weight excluding hydrogens is 424 g/mol. The molecule has 4 aromatic rings. The number of rotatable bonds is 6. The number of aliphatic hydroxyl groups is 1. The number of nitrogens with one attached hydrogen (secondary N) is 2. The van der Waals surface area contributed by atoms with Crippen LogP contribution in [0.1, 0.15) is 41.5 Å². The molecule has 3 N–H and O–H groups in total. The van der Waals surface area contributed by atoms with E-state index in [2.05, 4.69) is 25.6 Å². The molecule has 1 amide bonds. The van der Waals surface area contributed by atoms with E-state index < -0.39 is 0 Å². The third kappa shape index (κ3) is 4.10. The van der Waals surface area contributed by atoms with Crippen LogP contribution >= 0.6 is 0 Å². The molecule has 4 heterocycles. The molecule has 11 heteroatoms. The topological polar surface area (TPSA) is 136 Å². The fraction of sp³-hybridized carbons (Fsp3) is 0.318. The van der Waals surface area contributed by atoms with Crippen LogP contribution in [0.25, 0.3) is 17.2 Å². The maximum absolute atomic E-state index is 12.9. The summed E-state index contributed by atoms with van der Waals surface area (Å²) in [6, 6.07) is 5.29. The standard InChI is InChI=1S/C22H24N8O3/c1-13(2)20-25-22(27-26-20)30-11-15-5-8-33-18-4-3-14(9-17(18)19(15)28-30)21(32)24-16-10-23-29(12-16)6-7-31/h3-4,9-13,31H,5-8H2,1-2H3,(H,24,32)(H,25,26,27). The smallest absolute Gasteiger partial charge is 0.255 e. The van der Waals surface area contributed by atoms with Crippen LogP contribution in [-0.4, -0.2) is 59.0 Å². The first kappa shape index (κ1) is 20.9. The van der Waals surface area contributed by atoms with Crippen molar-refractivity contribution in [2.75, 3.05) is 18.5 Å². The Bertz CT molecular complexity index is 1300. The number of ether oxygens (including phenoxy) is 1. The SMILES string of the molecule is CC(C)c1n[nH]c(-n2cc3c(n2)-c2cc(C(=O)Nc4cnn(CCO)c4)ccc2OCC3)n1. The number of H-pyrrole nitrogens is 1. The molecule has 0 atom stereocenters. The van der Waals surface area contributed by atoms with Crippen molar-refractivity contribution in [3.8, 4) is 23.0 Å². The first-order valence-electron chi connectivity index (χ1n) is 10.7. The van der Waals surface area contributed by atoms with Gasteiger partial charge in [-0.25, -0.2) is 9.78 Å². The summed E-state index contributed by atoms with van der Waals surface area (Å²) in [6.07, 6.45) is 5.81. The predicted molar refractivity (Wildman–Crippen MR) is 119 cm³/mol. The molecule has 0 fully saturated rings. The first-order valence-corrected chi connectivity index (χ1v) is 10.7. The number of anilines is 1. The van der Waals surface area contributed by atoms with Gasteiger partial charge in [0.05, 0.1) is 37.3 Å². The van der Waals surface area contributed by atoms with Gasteiger partial charge in [0.1, 0.15) is 5.75 Å². The van der Waals surface area contributed by atoms with Crippen molar-refractivity contribution in [1.82, 2.24) is 34.7 Å². The Morgan fingerprint density at radius 3 is 3.00 bits per heavy atom. The molecule has 0 saturated carbocycles. The summed E-state index contributed by atoms with van der Waals surface area (Å²) in [4.78, 5) is 17.4. The third-order valence-corrected chi connectivity index (χ3v) is 5.36. The lowest BCUT2D eigenvalue weighted by molar-refractivity contribution is 0.102. The van der Waals surface area contributed by atoms with E-state index in [1.165, 1.54) is 0 Å². The van der Waals surface area contributed by atoms with Gasteiger partial charge < -0.3 is 15.2 Å². The summed E-state index contributed by atoms with van der Waals surface area (Å²) in [7, 11) is 0. The van der Waals surface area contributed by atoms with Crippen LogP contribution in [0.5, 0.6) is 5.75 Å². The van der Waals surface area contributed by atoms with Crippen molar-refractivity contribution in [3.63, 3.8) is 0 Å². The molecule has 1 aliphatic rings. The number of aromatic amines is 1. The molecule has 0 bridgehead atoms. The summed E-state index contributed by atoms with van der Waals surface area (Å²) < 4.78 is 9.14. The summed E-state index contributed by atoms with van der Waals surface area (Å²) in [5, 5.41) is 27.9. The van der Waals surface area contributed by atoms with E-state index in [0.717, 1.165) is 22.6 Å². The van der Waals surface area contributed by atoms with Gasteiger partial charge in [-0.1, -0.05) is 13.8 Å². The summed E-state index contributed by atoms with van der Waals surface area (Å²) in [5.74, 6) is 1.87. The number of amides is 1. The van der Waals surface area contributed by atoms with E-state index in [4.69, 9.17) is 14.9 Å². The van der Waals surface area contributed by atoms with Crippen LogP contribution in [0.2, 0.25) is 0 Å². The van der Waals surface area contributed by atoms with Crippen LogP contribution in [0, 0.1) is 0 Å². The molecule has 1 aliphatic heterocycles. The maximum Gasteiger partial charge on any atom is 0.255 e. The highest BCUT2D eigenvalue weighted by Crippen LogP contribution is 2.35. The predicted octanol–water partition coefficient (Wildman–Crippen LogP) is 2.16. The lowest BCUT2D eigenvalue weighted by atomic mass is 10.0. The summed E-state index contributed by atoms with van der Waals surface area (Å²) >= 11 is 0. The highest BCUT2D eigenvalue weighted by Gasteiger charge is 2.22. The second-order valence-electron chi connectivity index (χ2n) is 8.10. The number of aliphatic hydroxyl groups excluding tert-OH is 1. The number of hydrogen-bond acceptors (Lipinski definition) is 7. The third-order valence-electron chi connectivity index (χ3n) is 5.36. The van der Waals surface area contributed by atoms with Gasteiger partial charge in [-0.15, -0.1) is 0 Å². The number of nitrogens with zero attached hydrogens (tertiary/aromatic N) is 6. The van der Waals surface area contributed by atoms with Crippen LogP contribution in [0.4, 0.5) is 5.69 Å². The molecule has 0 saturated heterocycles. The number of carbonyl (C=O) groups excluding carboxylic acids is 1. The van der Waals surface area contributed by atoms with Gasteiger partial charge in [-0.05, 0) is 18.2 Å². The van der Waals surface area contributed by atoms with Crippen molar-refractivity contribution in [2.45, 2.75) is 32.7 Å². The van der Waals surface area contributed by atoms with Crippen molar-refractivity contribution in [1.29, 1.82) is 0 Å². The quantitative estimate of drug-likeness (QED) is 0.411. The van der Waals surface area contributed by atoms with Gasteiger partial charge in [0.2, 0.25) is 5.95 Å². The Labute approximate surface area is 189 Å². The van der Waals surface area contributed by atoms with E-state index in [9.17, 15) is 4.79 Å². The fourth-order valence-corrected chi connectivity index (χ4v) is 3.66. The average Bonchev–Trinajstić information content (AvgIpc) is 3.52. The molecule has 0 radical (unpaired) electrons. The summed E-state index contributed by atoms with van der Waals surface area (Å²) in [6.45, 7) is 4.91. The zero-order valence-corrected chi connectivity index (χ0v) is 18.3. The Morgan fingerprint density at radius 2 is 2.21 bits per heavy atom. The van der Waals surface area contributed by atoms with Gasteiger partial charge in [-0.3, -0.25) is 9.48 Å². The number of carbonyl (C=O) groups is 1. The van der Waals surface area contributed by atoms with Crippen molar-refractivity contribution in [3.05, 3.63) is 53.7 Å². The maximum atomic E-state index is 12.9. The number of aromatic nitrogens is 7. The summed E-state index contributed by atoms with van der Waals surface area (Å²) in [5.41, 5.74) is 3.51. The van der Waals surface area contributed by atoms with Crippen molar-refractivity contribution < 1.29 is 14.6 Å². The number of fused-ring (bicyclic) bond motifs is 3. The second-order valence-corrected chi connectivity index (χ2v) is 8.10. The zero-order chi connectivity index (χ0) is 22.9. The lowest BCUT2D eigenvalue weighted by Gasteiger charge is -2.09. The molecule has 0 aliphatic carbocycles. The van der Waals surface area contributed by atoms with Gasteiger partial charge in [-0.2, -0.15) is 20.3 Å². The van der Waals surface area contributed by atoms with E-state index in [0.29, 0.717) is 42.5 Å². The van der Waals surface area contributed by atoms with E-state index in [1.807, 2.05) is 20.0 Å². The van der Waals surface area contributed by atoms with Crippen molar-refractivity contribution in [2.24, 2.45) is 0 Å². The molecule has 5 rings (SSSR count). The molecule has 170 valence electrons. The van der Waals surface area contributed by atoms with Gasteiger partial charge in [0, 0.05) is 41.4 Å². The number of hydrogen-bond donors (Lipinski definition) is 3. The number of benzene rings is 1. The molecular formula is C22H24N8O3. The second kappa shape index (κ2) is 8.51. The average molecular weight is 448 g/mol. The first-order chi connectivity index (χ1) is 16.0. The fourth-order valence-electron chi connectivity index (χ4n) is 3.66. The normalized spacial score (nSPS) is 12.7. The molecule has 0 spiro atoms. The van der Waals surface area contributed by atoms with Gasteiger partial charge in [0.25, 0.3) is 5.91 Å². The van der Waals surface area contributed by atoms with Crippen LogP contribution < -0.4 is 10.1 Å². The molecule has 0 unspecified atom stereocenters. The van der Waals surface area contributed by atoms with Crippen LogP contribution in [0.15, 0.2) is 36.8 Å². The molecule has 1 aromatic carbocycles. The highest BCUT2D eigenvalue weighted by molar-refractivity contribution is 6.05. The Morgan fingerprint density at radius 1 is 1.33 bits per heavy atom. The van der Waals surface area contributed by atoms with Crippen LogP contribution in [-0.2, 0) is 13.0 Å². The van der Waals surface area contributed by atoms with Crippen LogP contribution in [0.3, 0.4) is 0 Å². The van der Waals surface area contributed by atoms with Crippen molar-refractivity contribution >= 4 is 11.6 Å². The van der Waals surface area contributed by atoms with E-state index >= 15 is 0 Å². The lowest BCUT2D eigenvalue weighted by Crippen LogP contribution is -2.12. The highest BCUT2D eigenvalue weighted by atomic mass is 16.5. The Balaban J connectivity index is 1.45. The minimum absolute atomic E-state index is 0.0261. The zero-order valence-electron chi connectivity index (χ0n) is 18.3.